The fourth-order valence-electron chi connectivity index (χ4n) is 4.89. The number of carbonyl (C=O) groups is 3. The van der Waals surface area contributed by atoms with Crippen LogP contribution in [0.25, 0.3) is 10.9 Å². The van der Waals surface area contributed by atoms with Gasteiger partial charge in [-0.15, -0.1) is 0 Å². The highest BCUT2D eigenvalue weighted by Gasteiger charge is 2.49. The van der Waals surface area contributed by atoms with Crippen LogP contribution in [0.4, 0.5) is 4.79 Å². The first-order valence-electron chi connectivity index (χ1n) is 9.67. The van der Waals surface area contributed by atoms with Crippen molar-refractivity contribution in [2.75, 3.05) is 6.54 Å². The lowest BCUT2D eigenvalue weighted by Gasteiger charge is -2.37. The lowest BCUT2D eigenvalue weighted by atomic mass is 9.76. The van der Waals surface area contributed by atoms with Crippen molar-refractivity contribution < 1.29 is 14.4 Å². The molecule has 1 aromatic carbocycles. The van der Waals surface area contributed by atoms with Crippen LogP contribution in [0.5, 0.6) is 0 Å². The quantitative estimate of drug-likeness (QED) is 0.589. The number of imide groups is 1. The largest absolute Gasteiger partial charge is 0.357 e. The van der Waals surface area contributed by atoms with Crippen LogP contribution >= 0.6 is 15.9 Å². The molecule has 146 valence electrons. The summed E-state index contributed by atoms with van der Waals surface area (Å²) in [6, 6.07) is 5.70. The molecule has 1 aliphatic carbocycles. The van der Waals surface area contributed by atoms with Crippen molar-refractivity contribution in [3.05, 3.63) is 33.9 Å². The van der Waals surface area contributed by atoms with Crippen LogP contribution in [-0.4, -0.2) is 39.8 Å². The number of hydrogen-bond acceptors (Lipinski definition) is 3. The molecule has 3 aliphatic rings. The molecule has 0 atom stereocenters. The predicted molar refractivity (Wildman–Crippen MR) is 106 cm³/mol. The highest BCUT2D eigenvalue weighted by Crippen LogP contribution is 2.37. The average Bonchev–Trinajstić information content (AvgIpc) is 3.19. The Morgan fingerprint density at radius 2 is 2.00 bits per heavy atom. The summed E-state index contributed by atoms with van der Waals surface area (Å²) in [5.74, 6) is -0.181. The molecule has 5 rings (SSSR count). The molecule has 0 bridgehead atoms. The van der Waals surface area contributed by atoms with E-state index in [1.165, 1.54) is 11.3 Å². The Balaban J connectivity index is 1.31. The number of amides is 4. The van der Waals surface area contributed by atoms with Crippen LogP contribution in [0.1, 0.15) is 36.9 Å². The second-order valence-corrected chi connectivity index (χ2v) is 8.87. The number of aromatic nitrogens is 1. The lowest BCUT2D eigenvalue weighted by Crippen LogP contribution is -2.51. The number of nitrogens with zero attached hydrogens (tertiary/aromatic N) is 1. The van der Waals surface area contributed by atoms with Crippen molar-refractivity contribution >= 4 is 44.7 Å². The summed E-state index contributed by atoms with van der Waals surface area (Å²) in [5, 5.41) is 6.24. The second-order valence-electron chi connectivity index (χ2n) is 8.02. The van der Waals surface area contributed by atoms with Crippen LogP contribution in [0.15, 0.2) is 22.7 Å². The molecular formula is C20H21BrN4O3. The third-order valence-corrected chi connectivity index (χ3v) is 7.14. The lowest BCUT2D eigenvalue weighted by molar-refractivity contribution is -0.139. The molecular weight excluding hydrogens is 424 g/mol. The van der Waals surface area contributed by atoms with Crippen molar-refractivity contribution in [1.82, 2.24) is 20.5 Å². The van der Waals surface area contributed by atoms with Gasteiger partial charge in [0.1, 0.15) is 5.54 Å². The van der Waals surface area contributed by atoms with Crippen LogP contribution in [0.2, 0.25) is 0 Å². The molecule has 2 fully saturated rings. The molecule has 0 radical (unpaired) electrons. The molecule has 2 aliphatic heterocycles. The van der Waals surface area contributed by atoms with E-state index in [2.05, 4.69) is 37.6 Å². The number of hydrogen-bond donors (Lipinski definition) is 3. The van der Waals surface area contributed by atoms with Crippen molar-refractivity contribution in [2.45, 2.75) is 44.2 Å². The molecule has 8 heteroatoms. The van der Waals surface area contributed by atoms with Gasteiger partial charge in [-0.3, -0.25) is 14.9 Å². The third kappa shape index (κ3) is 2.65. The Bertz CT molecular complexity index is 1010. The number of fused-ring (bicyclic) bond motifs is 3. The summed E-state index contributed by atoms with van der Waals surface area (Å²) in [7, 11) is 0. The first-order chi connectivity index (χ1) is 13.5. The van der Waals surface area contributed by atoms with Gasteiger partial charge in [0.25, 0.3) is 5.91 Å². The zero-order chi connectivity index (χ0) is 19.5. The number of para-hydroxylation sites is 1. The summed E-state index contributed by atoms with van der Waals surface area (Å²) < 4.78 is 1.03. The fraction of sp³-hybridized carbons (Fsp3) is 0.450. The molecule has 7 nitrogen and oxygen atoms in total. The molecule has 1 aromatic heterocycles. The Morgan fingerprint density at radius 1 is 1.21 bits per heavy atom. The van der Waals surface area contributed by atoms with Gasteiger partial charge in [-0.05, 0) is 47.7 Å². The SMILES string of the molecule is O=C1NC(=O)C2(CCC(C(=O)N3CCc4[nH]c5c(Br)cccc5c4C3)CC2)N1. The maximum absolute atomic E-state index is 13.2. The van der Waals surface area contributed by atoms with E-state index < -0.39 is 11.6 Å². The van der Waals surface area contributed by atoms with E-state index in [4.69, 9.17) is 0 Å². The second kappa shape index (κ2) is 6.34. The zero-order valence-corrected chi connectivity index (χ0v) is 16.9. The monoisotopic (exact) mass is 444 g/mol. The normalized spacial score (nSPS) is 27.0. The van der Waals surface area contributed by atoms with Gasteiger partial charge in [0, 0.05) is 46.5 Å². The van der Waals surface area contributed by atoms with Gasteiger partial charge in [0.15, 0.2) is 0 Å². The molecule has 4 amide bonds. The van der Waals surface area contributed by atoms with Crippen molar-refractivity contribution in [3.63, 3.8) is 0 Å². The van der Waals surface area contributed by atoms with E-state index in [0.717, 1.165) is 21.8 Å². The number of halogens is 1. The highest BCUT2D eigenvalue weighted by molar-refractivity contribution is 9.10. The van der Waals surface area contributed by atoms with Crippen LogP contribution in [0, 0.1) is 5.92 Å². The minimum atomic E-state index is -0.813. The maximum atomic E-state index is 13.2. The van der Waals surface area contributed by atoms with Crippen LogP contribution < -0.4 is 10.6 Å². The van der Waals surface area contributed by atoms with Crippen LogP contribution in [-0.2, 0) is 22.6 Å². The minimum Gasteiger partial charge on any atom is -0.357 e. The van der Waals surface area contributed by atoms with E-state index in [1.807, 2.05) is 17.0 Å². The topological polar surface area (TPSA) is 94.3 Å². The zero-order valence-electron chi connectivity index (χ0n) is 15.3. The predicted octanol–water partition coefficient (Wildman–Crippen LogP) is 2.58. The first-order valence-corrected chi connectivity index (χ1v) is 10.5. The van der Waals surface area contributed by atoms with E-state index >= 15 is 0 Å². The van der Waals surface area contributed by atoms with E-state index in [-0.39, 0.29) is 17.7 Å². The number of carbonyl (C=O) groups excluding carboxylic acids is 3. The standard InChI is InChI=1S/C20H21BrN4O3/c21-14-3-1-2-12-13-10-25(9-6-15(13)22-16(12)14)17(26)11-4-7-20(8-5-11)18(27)23-19(28)24-20/h1-3,11,22H,4-10H2,(H2,23,24,27,28). The Kier molecular flexibility index (Phi) is 4.01. The summed E-state index contributed by atoms with van der Waals surface area (Å²) in [6.45, 7) is 1.32. The van der Waals surface area contributed by atoms with Crippen molar-refractivity contribution in [3.8, 4) is 0 Å². The van der Waals surface area contributed by atoms with E-state index in [1.54, 1.807) is 0 Å². The Hall–Kier alpha value is -2.35. The summed E-state index contributed by atoms with van der Waals surface area (Å²) in [4.78, 5) is 42.2. The highest BCUT2D eigenvalue weighted by atomic mass is 79.9. The van der Waals surface area contributed by atoms with Crippen LogP contribution in [0.3, 0.4) is 0 Å². The van der Waals surface area contributed by atoms with Crippen molar-refractivity contribution in [1.29, 1.82) is 0 Å². The van der Waals surface area contributed by atoms with Gasteiger partial charge in [0.05, 0.1) is 5.52 Å². The van der Waals surface area contributed by atoms with Gasteiger partial charge in [-0.1, -0.05) is 12.1 Å². The average molecular weight is 445 g/mol. The summed E-state index contributed by atoms with van der Waals surface area (Å²) in [6.07, 6.45) is 3.09. The van der Waals surface area contributed by atoms with Gasteiger partial charge in [-0.2, -0.15) is 0 Å². The smallest absolute Gasteiger partial charge is 0.322 e. The number of benzene rings is 1. The number of aromatic amines is 1. The van der Waals surface area contributed by atoms with E-state index in [9.17, 15) is 14.4 Å². The Morgan fingerprint density at radius 3 is 2.71 bits per heavy atom. The molecule has 1 saturated carbocycles. The summed E-state index contributed by atoms with van der Waals surface area (Å²) >= 11 is 3.59. The molecule has 1 spiro atoms. The molecule has 2 aromatic rings. The molecule has 28 heavy (non-hydrogen) atoms. The minimum absolute atomic E-state index is 0.0885. The molecule has 3 N–H and O–H groups in total. The fourth-order valence-corrected chi connectivity index (χ4v) is 5.35. The van der Waals surface area contributed by atoms with Gasteiger partial charge in [-0.25, -0.2) is 4.79 Å². The maximum Gasteiger partial charge on any atom is 0.322 e. The third-order valence-electron chi connectivity index (χ3n) is 6.47. The number of urea groups is 1. The molecule has 3 heterocycles. The molecule has 1 saturated heterocycles. The first kappa shape index (κ1) is 17.7. The molecule has 0 unspecified atom stereocenters. The van der Waals surface area contributed by atoms with Gasteiger partial charge >= 0.3 is 6.03 Å². The van der Waals surface area contributed by atoms with E-state index in [0.29, 0.717) is 38.8 Å². The number of nitrogens with one attached hydrogen (secondary N) is 3. The van der Waals surface area contributed by atoms with Crippen molar-refractivity contribution in [2.24, 2.45) is 5.92 Å². The summed E-state index contributed by atoms with van der Waals surface area (Å²) in [5.41, 5.74) is 2.68. The van der Waals surface area contributed by atoms with Gasteiger partial charge < -0.3 is 15.2 Å². The number of H-pyrrole nitrogens is 1. The Labute approximate surface area is 170 Å². The number of rotatable bonds is 1. The van der Waals surface area contributed by atoms with Gasteiger partial charge in [0.2, 0.25) is 5.91 Å².